The van der Waals surface area contributed by atoms with E-state index in [0.29, 0.717) is 0 Å². The summed E-state index contributed by atoms with van der Waals surface area (Å²) in [5, 5.41) is 4.31. The molecule has 2 aromatic rings. The standard InChI is InChI=1S/C20H25N3O7S2/c1-5-23(6-2)32(27,28)16-11-13(7-8-15(16)29-4)20(26)30-12(3)18(25)22-19-14(17(21)24)9-10-31-19/h7-12H,5-6H2,1-4H3,(H2,21,24)(H,22,25). The normalized spacial score (nSPS) is 12.3. The maximum atomic E-state index is 12.9. The Hall–Kier alpha value is -2.96. The summed E-state index contributed by atoms with van der Waals surface area (Å²) < 4.78 is 37.4. The van der Waals surface area contributed by atoms with Crippen LogP contribution in [0.4, 0.5) is 5.00 Å². The minimum Gasteiger partial charge on any atom is -0.495 e. The third kappa shape index (κ3) is 5.44. The molecule has 12 heteroatoms. The number of sulfonamides is 1. The van der Waals surface area contributed by atoms with Crippen LogP contribution in [-0.4, -0.2) is 56.8 Å². The molecule has 0 fully saturated rings. The highest BCUT2D eigenvalue weighted by molar-refractivity contribution is 7.89. The van der Waals surface area contributed by atoms with E-state index in [1.165, 1.54) is 36.5 Å². The van der Waals surface area contributed by atoms with Crippen molar-refractivity contribution in [2.75, 3.05) is 25.5 Å². The van der Waals surface area contributed by atoms with Crippen LogP contribution in [0, 0.1) is 0 Å². The number of hydrogen-bond acceptors (Lipinski definition) is 8. The van der Waals surface area contributed by atoms with Crippen LogP contribution < -0.4 is 15.8 Å². The van der Waals surface area contributed by atoms with Crippen molar-refractivity contribution in [3.05, 3.63) is 40.8 Å². The third-order valence-corrected chi connectivity index (χ3v) is 7.44. The Morgan fingerprint density at radius 1 is 1.19 bits per heavy atom. The van der Waals surface area contributed by atoms with Gasteiger partial charge in [0, 0.05) is 13.1 Å². The zero-order valence-corrected chi connectivity index (χ0v) is 19.7. The fourth-order valence-electron chi connectivity index (χ4n) is 2.80. The third-order valence-electron chi connectivity index (χ3n) is 4.54. The molecule has 1 aromatic carbocycles. The van der Waals surface area contributed by atoms with Crippen LogP contribution >= 0.6 is 11.3 Å². The van der Waals surface area contributed by atoms with E-state index < -0.39 is 33.9 Å². The minimum absolute atomic E-state index is 0.0647. The van der Waals surface area contributed by atoms with E-state index >= 15 is 0 Å². The molecule has 1 heterocycles. The number of amides is 2. The van der Waals surface area contributed by atoms with Crippen molar-refractivity contribution in [2.24, 2.45) is 5.73 Å². The Labute approximate surface area is 190 Å². The largest absolute Gasteiger partial charge is 0.495 e. The lowest BCUT2D eigenvalue weighted by atomic mass is 10.2. The molecule has 1 unspecified atom stereocenters. The Morgan fingerprint density at radius 2 is 1.84 bits per heavy atom. The van der Waals surface area contributed by atoms with Crippen LogP contribution in [0.2, 0.25) is 0 Å². The lowest BCUT2D eigenvalue weighted by Crippen LogP contribution is -2.31. The Bertz CT molecular complexity index is 1110. The topological polar surface area (TPSA) is 145 Å². The average Bonchev–Trinajstić information content (AvgIpc) is 3.22. The quantitative estimate of drug-likeness (QED) is 0.492. The van der Waals surface area contributed by atoms with Gasteiger partial charge in [-0.25, -0.2) is 13.2 Å². The van der Waals surface area contributed by atoms with E-state index in [1.807, 2.05) is 0 Å². The average molecular weight is 484 g/mol. The summed E-state index contributed by atoms with van der Waals surface area (Å²) in [7, 11) is -2.59. The smallest absolute Gasteiger partial charge is 0.338 e. The van der Waals surface area contributed by atoms with E-state index in [4.69, 9.17) is 15.2 Å². The molecule has 0 saturated heterocycles. The molecule has 0 saturated carbocycles. The van der Waals surface area contributed by atoms with Gasteiger partial charge in [0.2, 0.25) is 10.0 Å². The van der Waals surface area contributed by atoms with Crippen molar-refractivity contribution >= 4 is 44.1 Å². The molecule has 32 heavy (non-hydrogen) atoms. The first kappa shape index (κ1) is 25.3. The Kier molecular flexibility index (Phi) is 8.36. The predicted molar refractivity (Wildman–Crippen MR) is 119 cm³/mol. The van der Waals surface area contributed by atoms with Crippen molar-refractivity contribution < 1.29 is 32.3 Å². The van der Waals surface area contributed by atoms with Gasteiger partial charge in [-0.2, -0.15) is 4.31 Å². The summed E-state index contributed by atoms with van der Waals surface area (Å²) in [4.78, 5) is 36.2. The maximum Gasteiger partial charge on any atom is 0.338 e. The monoisotopic (exact) mass is 483 g/mol. The van der Waals surface area contributed by atoms with Gasteiger partial charge in [0.1, 0.15) is 15.6 Å². The number of ether oxygens (including phenoxy) is 2. The number of carbonyl (C=O) groups is 3. The molecular weight excluding hydrogens is 458 g/mol. The van der Waals surface area contributed by atoms with Crippen molar-refractivity contribution in [3.63, 3.8) is 0 Å². The first-order chi connectivity index (χ1) is 15.1. The van der Waals surface area contributed by atoms with Crippen molar-refractivity contribution in [1.29, 1.82) is 0 Å². The molecule has 2 amide bonds. The number of nitrogens with two attached hydrogens (primary N) is 1. The van der Waals surface area contributed by atoms with E-state index in [1.54, 1.807) is 19.2 Å². The number of primary amides is 1. The number of rotatable bonds is 10. The van der Waals surface area contributed by atoms with Gasteiger partial charge in [-0.3, -0.25) is 9.59 Å². The molecule has 1 atom stereocenters. The molecule has 174 valence electrons. The number of hydrogen-bond donors (Lipinski definition) is 2. The molecule has 0 aliphatic carbocycles. The number of thiophene rings is 1. The lowest BCUT2D eigenvalue weighted by molar-refractivity contribution is -0.123. The van der Waals surface area contributed by atoms with Crippen LogP contribution in [0.1, 0.15) is 41.5 Å². The summed E-state index contributed by atoms with van der Waals surface area (Å²) >= 11 is 1.10. The van der Waals surface area contributed by atoms with Crippen LogP contribution in [-0.2, 0) is 19.6 Å². The number of nitrogens with zero attached hydrogens (tertiary/aromatic N) is 1. The van der Waals surface area contributed by atoms with Crippen LogP contribution in [0.15, 0.2) is 34.5 Å². The summed E-state index contributed by atoms with van der Waals surface area (Å²) in [5.41, 5.74) is 5.33. The minimum atomic E-state index is -3.91. The summed E-state index contributed by atoms with van der Waals surface area (Å²) in [6, 6.07) is 5.32. The van der Waals surface area contributed by atoms with Crippen LogP contribution in [0.5, 0.6) is 5.75 Å². The van der Waals surface area contributed by atoms with Crippen LogP contribution in [0.3, 0.4) is 0 Å². The second-order valence-corrected chi connectivity index (χ2v) is 9.34. The van der Waals surface area contributed by atoms with Gasteiger partial charge in [-0.1, -0.05) is 13.8 Å². The molecule has 0 radical (unpaired) electrons. The first-order valence-corrected chi connectivity index (χ1v) is 12.0. The Morgan fingerprint density at radius 3 is 2.41 bits per heavy atom. The van der Waals surface area contributed by atoms with Crippen molar-refractivity contribution in [1.82, 2.24) is 4.31 Å². The van der Waals surface area contributed by atoms with Crippen molar-refractivity contribution in [3.8, 4) is 5.75 Å². The highest BCUT2D eigenvalue weighted by Gasteiger charge is 2.28. The van der Waals surface area contributed by atoms with Gasteiger partial charge in [-0.05, 0) is 36.6 Å². The molecule has 10 nitrogen and oxygen atoms in total. The summed E-state index contributed by atoms with van der Waals surface area (Å²) in [6.07, 6.45) is -1.23. The highest BCUT2D eigenvalue weighted by atomic mass is 32.2. The fourth-order valence-corrected chi connectivity index (χ4v) is 5.24. The molecule has 2 rings (SSSR count). The summed E-state index contributed by atoms with van der Waals surface area (Å²) in [6.45, 7) is 5.22. The highest BCUT2D eigenvalue weighted by Crippen LogP contribution is 2.28. The van der Waals surface area contributed by atoms with Gasteiger partial charge in [0.05, 0.1) is 18.2 Å². The molecular formula is C20H25N3O7S2. The first-order valence-electron chi connectivity index (χ1n) is 9.64. The van der Waals surface area contributed by atoms with Crippen LogP contribution in [0.25, 0.3) is 0 Å². The number of methoxy groups -OCH3 is 1. The number of esters is 1. The van der Waals surface area contributed by atoms with E-state index in [2.05, 4.69) is 5.32 Å². The van der Waals surface area contributed by atoms with E-state index in [0.717, 1.165) is 17.4 Å². The number of nitrogens with one attached hydrogen (secondary N) is 1. The second kappa shape index (κ2) is 10.6. The molecule has 0 aliphatic rings. The number of carbonyl (C=O) groups excluding carboxylic acids is 3. The molecule has 3 N–H and O–H groups in total. The maximum absolute atomic E-state index is 12.9. The molecule has 0 bridgehead atoms. The lowest BCUT2D eigenvalue weighted by Gasteiger charge is -2.20. The van der Waals surface area contributed by atoms with E-state index in [9.17, 15) is 22.8 Å². The van der Waals surface area contributed by atoms with Gasteiger partial charge in [0.15, 0.2) is 6.10 Å². The zero-order chi connectivity index (χ0) is 24.1. The number of anilines is 1. The summed E-state index contributed by atoms with van der Waals surface area (Å²) in [5.74, 6) is -2.19. The predicted octanol–water partition coefficient (Wildman–Crippen LogP) is 2.07. The van der Waals surface area contributed by atoms with E-state index in [-0.39, 0.29) is 39.9 Å². The second-order valence-electron chi connectivity index (χ2n) is 6.52. The van der Waals surface area contributed by atoms with Gasteiger partial charge in [0.25, 0.3) is 11.8 Å². The zero-order valence-electron chi connectivity index (χ0n) is 18.1. The number of benzene rings is 1. The fraction of sp³-hybridized carbons (Fsp3) is 0.350. The molecule has 1 aromatic heterocycles. The van der Waals surface area contributed by atoms with Gasteiger partial charge >= 0.3 is 5.97 Å². The van der Waals surface area contributed by atoms with Crippen molar-refractivity contribution in [2.45, 2.75) is 31.8 Å². The SMILES string of the molecule is CCN(CC)S(=O)(=O)c1cc(C(=O)OC(C)C(=O)Nc2sccc2C(N)=O)ccc1OC. The van der Waals surface area contributed by atoms with Gasteiger partial charge in [-0.15, -0.1) is 11.3 Å². The molecule has 0 spiro atoms. The Balaban J connectivity index is 2.23. The molecule has 0 aliphatic heterocycles. The van der Waals surface area contributed by atoms with Gasteiger partial charge < -0.3 is 20.5 Å².